The molecule has 0 heterocycles. The molecule has 0 nitrogen and oxygen atoms in total. The summed E-state index contributed by atoms with van der Waals surface area (Å²) < 4.78 is 0. The lowest BCUT2D eigenvalue weighted by molar-refractivity contribution is 1.31. The van der Waals surface area contributed by atoms with E-state index in [9.17, 15) is 0 Å². The minimum Gasteiger partial charge on any atom is -0.0801 e. The molecule has 0 aliphatic heterocycles. The second-order valence-electron chi connectivity index (χ2n) is 7.40. The van der Waals surface area contributed by atoms with Crippen LogP contribution in [0.1, 0.15) is 30.0 Å². The highest BCUT2D eigenvalue weighted by molar-refractivity contribution is 5.91. The predicted octanol–water partition coefficient (Wildman–Crippen LogP) is 5.39. The van der Waals surface area contributed by atoms with Crippen LogP contribution in [-0.2, 0) is 0 Å². The van der Waals surface area contributed by atoms with Crippen LogP contribution in [0.15, 0.2) is 108 Å². The topological polar surface area (TPSA) is 0 Å². The Kier molecular flexibility index (Phi) is 4.18. The maximum Gasteiger partial charge on any atom is -0.00268 e. The van der Waals surface area contributed by atoms with Gasteiger partial charge in [0.25, 0.3) is 0 Å². The standard InChI is InChI=1S/C28H22/c1-20-19-24-17-10-18-25(28(24)26(20)21-15-8-9-16-21)27(22-11-4-2-5-12-22)23-13-6-3-7-14-23/h2-15,17-19H,16H2,1H3. The first-order valence-corrected chi connectivity index (χ1v) is 9.86. The Bertz CT molecular complexity index is 1210. The highest BCUT2D eigenvalue weighted by atomic mass is 14.2. The third-order valence-electron chi connectivity index (χ3n) is 5.60. The van der Waals surface area contributed by atoms with E-state index in [1.54, 1.807) is 0 Å². The normalized spacial score (nSPS) is 14.7. The van der Waals surface area contributed by atoms with Gasteiger partial charge in [0, 0.05) is 0 Å². The summed E-state index contributed by atoms with van der Waals surface area (Å²) in [5.74, 6) is 0. The van der Waals surface area contributed by atoms with Crippen LogP contribution in [0.4, 0.5) is 0 Å². The van der Waals surface area contributed by atoms with Crippen LogP contribution in [0.3, 0.4) is 0 Å². The molecular weight excluding hydrogens is 336 g/mol. The van der Waals surface area contributed by atoms with Gasteiger partial charge in [0.2, 0.25) is 0 Å². The van der Waals surface area contributed by atoms with E-state index in [4.69, 9.17) is 0 Å². The molecule has 3 aromatic rings. The molecule has 0 bridgehead atoms. The van der Waals surface area contributed by atoms with Crippen LogP contribution in [0.5, 0.6) is 0 Å². The molecule has 0 atom stereocenters. The minimum absolute atomic E-state index is 1.01. The summed E-state index contributed by atoms with van der Waals surface area (Å²) in [5, 5.41) is 2.68. The highest BCUT2D eigenvalue weighted by Crippen LogP contribution is 2.30. The van der Waals surface area contributed by atoms with Gasteiger partial charge in [-0.05, 0) is 62.8 Å². The molecular formula is C28H22. The first kappa shape index (κ1) is 16.8. The average Bonchev–Trinajstić information content (AvgIpc) is 3.37. The number of hydrogen-bond acceptors (Lipinski definition) is 0. The molecule has 134 valence electrons. The molecule has 0 saturated carbocycles. The monoisotopic (exact) mass is 358 g/mol. The number of rotatable bonds is 3. The maximum absolute atomic E-state index is 2.33. The minimum atomic E-state index is 1.01. The van der Waals surface area contributed by atoms with Crippen LogP contribution in [0.2, 0.25) is 0 Å². The van der Waals surface area contributed by atoms with Gasteiger partial charge in [-0.1, -0.05) is 103 Å². The van der Waals surface area contributed by atoms with Crippen molar-refractivity contribution in [1.29, 1.82) is 0 Å². The number of allylic oxidation sites excluding steroid dienone is 5. The summed E-state index contributed by atoms with van der Waals surface area (Å²) >= 11 is 0. The molecule has 2 aliphatic rings. The molecule has 0 amide bonds. The Morgan fingerprint density at radius 3 is 2.04 bits per heavy atom. The van der Waals surface area contributed by atoms with Crippen LogP contribution in [0, 0.1) is 0 Å². The lowest BCUT2D eigenvalue weighted by Gasteiger charge is -2.12. The molecule has 3 aromatic carbocycles. The molecule has 0 N–H and O–H groups in total. The molecule has 0 heteroatoms. The quantitative estimate of drug-likeness (QED) is 0.589. The Balaban J connectivity index is 1.96. The van der Waals surface area contributed by atoms with E-state index in [0.29, 0.717) is 0 Å². The van der Waals surface area contributed by atoms with Crippen molar-refractivity contribution in [3.8, 4) is 0 Å². The van der Waals surface area contributed by atoms with E-state index in [0.717, 1.165) is 6.42 Å². The Labute approximate surface area is 166 Å². The lowest BCUT2D eigenvalue weighted by Crippen LogP contribution is -2.31. The van der Waals surface area contributed by atoms with Gasteiger partial charge in [0.15, 0.2) is 0 Å². The molecule has 0 aromatic heterocycles. The van der Waals surface area contributed by atoms with Crippen molar-refractivity contribution in [2.45, 2.75) is 13.3 Å². The SMILES string of the molecule is CC1=Cc2cccc(=C(c3ccccc3)c3ccccc3)c2=C1C1=CC=CC1. The van der Waals surface area contributed by atoms with Gasteiger partial charge < -0.3 is 0 Å². The van der Waals surface area contributed by atoms with Crippen LogP contribution < -0.4 is 10.4 Å². The predicted molar refractivity (Wildman–Crippen MR) is 119 cm³/mol. The van der Waals surface area contributed by atoms with Crippen molar-refractivity contribution >= 4 is 17.2 Å². The summed E-state index contributed by atoms with van der Waals surface area (Å²) in [6.07, 6.45) is 10.0. The third-order valence-corrected chi connectivity index (χ3v) is 5.60. The van der Waals surface area contributed by atoms with E-state index in [-0.39, 0.29) is 0 Å². The number of benzene rings is 3. The van der Waals surface area contributed by atoms with Gasteiger partial charge in [-0.3, -0.25) is 0 Å². The van der Waals surface area contributed by atoms with Crippen LogP contribution in [0.25, 0.3) is 17.2 Å². The van der Waals surface area contributed by atoms with Gasteiger partial charge >= 0.3 is 0 Å². The first-order valence-electron chi connectivity index (χ1n) is 9.86. The van der Waals surface area contributed by atoms with Gasteiger partial charge in [-0.2, -0.15) is 0 Å². The fourth-order valence-corrected chi connectivity index (χ4v) is 4.41. The third kappa shape index (κ3) is 2.78. The van der Waals surface area contributed by atoms with Crippen molar-refractivity contribution in [3.05, 3.63) is 135 Å². The zero-order valence-electron chi connectivity index (χ0n) is 16.0. The molecule has 2 aliphatic carbocycles. The Morgan fingerprint density at radius 2 is 1.43 bits per heavy atom. The van der Waals surface area contributed by atoms with Crippen molar-refractivity contribution in [1.82, 2.24) is 0 Å². The van der Waals surface area contributed by atoms with E-state index in [2.05, 4.69) is 110 Å². The maximum atomic E-state index is 2.33. The van der Waals surface area contributed by atoms with Crippen LogP contribution >= 0.6 is 0 Å². The molecule has 0 unspecified atom stereocenters. The smallest absolute Gasteiger partial charge is 0.00268 e. The van der Waals surface area contributed by atoms with Crippen molar-refractivity contribution in [3.63, 3.8) is 0 Å². The van der Waals surface area contributed by atoms with E-state index < -0.39 is 0 Å². The van der Waals surface area contributed by atoms with Gasteiger partial charge in [-0.25, -0.2) is 0 Å². The number of fused-ring (bicyclic) bond motifs is 1. The number of hydrogen-bond donors (Lipinski definition) is 0. The van der Waals surface area contributed by atoms with Crippen molar-refractivity contribution < 1.29 is 0 Å². The average molecular weight is 358 g/mol. The second-order valence-corrected chi connectivity index (χ2v) is 7.40. The molecule has 5 rings (SSSR count). The largest absolute Gasteiger partial charge is 0.0801 e. The summed E-state index contributed by atoms with van der Waals surface area (Å²) in [6, 6.07) is 28.2. The van der Waals surface area contributed by atoms with Crippen LogP contribution in [-0.4, -0.2) is 0 Å². The fourth-order valence-electron chi connectivity index (χ4n) is 4.41. The van der Waals surface area contributed by atoms with Crippen molar-refractivity contribution in [2.24, 2.45) is 0 Å². The highest BCUT2D eigenvalue weighted by Gasteiger charge is 2.18. The summed E-state index contributed by atoms with van der Waals surface area (Å²) in [4.78, 5) is 0. The van der Waals surface area contributed by atoms with E-state index in [1.807, 2.05) is 0 Å². The Morgan fingerprint density at radius 1 is 0.750 bits per heavy atom. The first-order chi connectivity index (χ1) is 13.8. The van der Waals surface area contributed by atoms with Gasteiger partial charge in [0.1, 0.15) is 0 Å². The second kappa shape index (κ2) is 6.98. The zero-order chi connectivity index (χ0) is 18.9. The summed E-state index contributed by atoms with van der Waals surface area (Å²) in [7, 11) is 0. The van der Waals surface area contributed by atoms with E-state index >= 15 is 0 Å². The van der Waals surface area contributed by atoms with Gasteiger partial charge in [-0.15, -0.1) is 0 Å². The molecule has 0 spiro atoms. The molecule has 28 heavy (non-hydrogen) atoms. The Hall–Kier alpha value is -3.38. The van der Waals surface area contributed by atoms with Gasteiger partial charge in [0.05, 0.1) is 0 Å². The zero-order valence-corrected chi connectivity index (χ0v) is 16.0. The summed E-state index contributed by atoms with van der Waals surface area (Å²) in [5.41, 5.74) is 9.31. The molecule has 0 saturated heterocycles. The lowest BCUT2D eigenvalue weighted by atomic mass is 9.92. The van der Waals surface area contributed by atoms with E-state index in [1.165, 1.54) is 49.4 Å². The molecule has 0 fully saturated rings. The fraction of sp³-hybridized carbons (Fsp3) is 0.0714. The molecule has 0 radical (unpaired) electrons. The summed E-state index contributed by atoms with van der Waals surface area (Å²) in [6.45, 7) is 2.24. The van der Waals surface area contributed by atoms with Crippen molar-refractivity contribution in [2.75, 3.05) is 0 Å².